The maximum atomic E-state index is 12.9. The molecule has 4 N–H and O–H groups in total. The number of nitrogen functional groups attached to an aromatic ring is 1. The van der Waals surface area contributed by atoms with Crippen LogP contribution in [0.3, 0.4) is 0 Å². The largest absolute Gasteiger partial charge is 0.399 e. The SMILES string of the molecule is Nc1ccc2[nH]cc(S(=O)(=O)N(CCO)C3CCC3)c2c1. The van der Waals surface area contributed by atoms with Gasteiger partial charge in [0.1, 0.15) is 4.90 Å². The van der Waals surface area contributed by atoms with Crippen molar-refractivity contribution in [1.29, 1.82) is 0 Å². The molecule has 0 unspecified atom stereocenters. The summed E-state index contributed by atoms with van der Waals surface area (Å²) in [5.41, 5.74) is 7.03. The zero-order chi connectivity index (χ0) is 15.0. The number of hydrogen-bond acceptors (Lipinski definition) is 4. The van der Waals surface area contributed by atoms with Gasteiger partial charge in [-0.2, -0.15) is 4.31 Å². The van der Waals surface area contributed by atoms with E-state index >= 15 is 0 Å². The molecule has 2 aromatic rings. The molecule has 1 aromatic heterocycles. The van der Waals surface area contributed by atoms with E-state index in [1.165, 1.54) is 10.5 Å². The number of nitrogens with zero attached hydrogens (tertiary/aromatic N) is 1. The molecule has 114 valence electrons. The number of H-pyrrole nitrogens is 1. The van der Waals surface area contributed by atoms with Crippen molar-refractivity contribution >= 4 is 26.6 Å². The maximum Gasteiger partial charge on any atom is 0.245 e. The third-order valence-electron chi connectivity index (χ3n) is 4.06. The Kier molecular flexibility index (Phi) is 3.64. The summed E-state index contributed by atoms with van der Waals surface area (Å²) in [7, 11) is -3.64. The van der Waals surface area contributed by atoms with E-state index in [1.807, 2.05) is 0 Å². The van der Waals surface area contributed by atoms with Crippen molar-refractivity contribution in [2.45, 2.75) is 30.2 Å². The van der Waals surface area contributed by atoms with Crippen molar-refractivity contribution in [3.05, 3.63) is 24.4 Å². The van der Waals surface area contributed by atoms with Crippen LogP contribution >= 0.6 is 0 Å². The first-order valence-electron chi connectivity index (χ1n) is 7.03. The summed E-state index contributed by atoms with van der Waals surface area (Å²) in [4.78, 5) is 3.20. The van der Waals surface area contributed by atoms with Crippen LogP contribution in [0.15, 0.2) is 29.3 Å². The lowest BCUT2D eigenvalue weighted by Crippen LogP contribution is -2.45. The highest BCUT2D eigenvalue weighted by Crippen LogP contribution is 2.33. The second kappa shape index (κ2) is 5.32. The second-order valence-electron chi connectivity index (χ2n) is 5.38. The van der Waals surface area contributed by atoms with E-state index in [0.29, 0.717) is 11.1 Å². The fourth-order valence-corrected chi connectivity index (χ4v) is 4.56. The predicted molar refractivity (Wildman–Crippen MR) is 81.3 cm³/mol. The minimum Gasteiger partial charge on any atom is -0.399 e. The van der Waals surface area contributed by atoms with Crippen LogP contribution in [-0.2, 0) is 10.0 Å². The van der Waals surface area contributed by atoms with Crippen molar-refractivity contribution in [2.24, 2.45) is 0 Å². The van der Waals surface area contributed by atoms with E-state index in [1.54, 1.807) is 18.2 Å². The number of aromatic nitrogens is 1. The highest BCUT2D eigenvalue weighted by atomic mass is 32.2. The summed E-state index contributed by atoms with van der Waals surface area (Å²) in [5, 5.41) is 9.78. The molecule has 0 atom stereocenters. The number of anilines is 1. The van der Waals surface area contributed by atoms with E-state index in [4.69, 9.17) is 5.73 Å². The van der Waals surface area contributed by atoms with Gasteiger partial charge in [-0.3, -0.25) is 0 Å². The average Bonchev–Trinajstić information content (AvgIpc) is 2.79. The third kappa shape index (κ3) is 2.41. The van der Waals surface area contributed by atoms with Crippen LogP contribution in [0.1, 0.15) is 19.3 Å². The zero-order valence-electron chi connectivity index (χ0n) is 11.6. The molecule has 1 saturated carbocycles. The molecule has 1 aromatic carbocycles. The van der Waals surface area contributed by atoms with Gasteiger partial charge in [0.15, 0.2) is 0 Å². The minimum absolute atomic E-state index is 0.00633. The lowest BCUT2D eigenvalue weighted by Gasteiger charge is -2.36. The summed E-state index contributed by atoms with van der Waals surface area (Å²) in [5.74, 6) is 0. The topological polar surface area (TPSA) is 99.4 Å². The van der Waals surface area contributed by atoms with Gasteiger partial charge in [-0.25, -0.2) is 8.42 Å². The molecule has 0 aliphatic heterocycles. The maximum absolute atomic E-state index is 12.9. The summed E-state index contributed by atoms with van der Waals surface area (Å²) in [6, 6.07) is 5.15. The highest BCUT2D eigenvalue weighted by molar-refractivity contribution is 7.89. The van der Waals surface area contributed by atoms with Crippen molar-refractivity contribution < 1.29 is 13.5 Å². The molecule has 21 heavy (non-hydrogen) atoms. The van der Waals surface area contributed by atoms with Crippen LogP contribution in [0.4, 0.5) is 5.69 Å². The molecule has 7 heteroatoms. The lowest BCUT2D eigenvalue weighted by molar-refractivity contribution is 0.178. The Labute approximate surface area is 123 Å². The van der Waals surface area contributed by atoms with E-state index in [2.05, 4.69) is 4.98 Å². The average molecular weight is 309 g/mol. The number of aliphatic hydroxyl groups excluding tert-OH is 1. The van der Waals surface area contributed by atoms with Crippen LogP contribution in [0, 0.1) is 0 Å². The Morgan fingerprint density at radius 3 is 2.76 bits per heavy atom. The lowest BCUT2D eigenvalue weighted by atomic mass is 9.93. The Morgan fingerprint density at radius 2 is 2.14 bits per heavy atom. The first-order chi connectivity index (χ1) is 10.0. The van der Waals surface area contributed by atoms with E-state index in [-0.39, 0.29) is 24.1 Å². The molecule has 0 amide bonds. The fraction of sp³-hybridized carbons (Fsp3) is 0.429. The minimum atomic E-state index is -3.64. The van der Waals surface area contributed by atoms with Crippen LogP contribution in [-0.4, -0.2) is 42.0 Å². The summed E-state index contributed by atoms with van der Waals surface area (Å²) in [6.07, 6.45) is 4.23. The number of sulfonamides is 1. The van der Waals surface area contributed by atoms with Gasteiger partial charge in [-0.05, 0) is 31.0 Å². The molecular formula is C14H19N3O3S. The van der Waals surface area contributed by atoms with Crippen LogP contribution in [0.5, 0.6) is 0 Å². The number of aliphatic hydroxyl groups is 1. The molecule has 0 saturated heterocycles. The van der Waals surface area contributed by atoms with Gasteiger partial charge in [-0.1, -0.05) is 6.42 Å². The molecule has 3 rings (SSSR count). The molecule has 0 bridgehead atoms. The van der Waals surface area contributed by atoms with Crippen molar-refractivity contribution in [3.63, 3.8) is 0 Å². The van der Waals surface area contributed by atoms with Crippen molar-refractivity contribution in [2.75, 3.05) is 18.9 Å². The van der Waals surface area contributed by atoms with Crippen LogP contribution < -0.4 is 5.73 Å². The molecule has 0 spiro atoms. The molecule has 0 radical (unpaired) electrons. The van der Waals surface area contributed by atoms with Gasteiger partial charge in [0.05, 0.1) is 6.61 Å². The number of nitrogens with two attached hydrogens (primary N) is 1. The Balaban J connectivity index is 2.07. The van der Waals surface area contributed by atoms with Gasteiger partial charge in [0.25, 0.3) is 0 Å². The zero-order valence-corrected chi connectivity index (χ0v) is 12.4. The molecule has 1 aliphatic rings. The number of nitrogens with one attached hydrogen (secondary N) is 1. The van der Waals surface area contributed by atoms with Gasteiger partial charge >= 0.3 is 0 Å². The van der Waals surface area contributed by atoms with E-state index in [9.17, 15) is 13.5 Å². The standard InChI is InChI=1S/C14H19N3O3S/c15-10-4-5-13-12(8-10)14(9-16-13)21(19,20)17(6-7-18)11-2-1-3-11/h4-5,8-9,11,16,18H,1-3,6-7,15H2. The smallest absolute Gasteiger partial charge is 0.245 e. The summed E-state index contributed by atoms with van der Waals surface area (Å²) in [6.45, 7) is -0.0534. The molecular weight excluding hydrogens is 290 g/mol. The number of hydrogen-bond donors (Lipinski definition) is 3. The summed E-state index contributed by atoms with van der Waals surface area (Å²) < 4.78 is 27.2. The monoisotopic (exact) mass is 309 g/mol. The number of fused-ring (bicyclic) bond motifs is 1. The summed E-state index contributed by atoms with van der Waals surface area (Å²) >= 11 is 0. The Morgan fingerprint density at radius 1 is 1.38 bits per heavy atom. The normalized spacial score (nSPS) is 16.5. The molecule has 1 fully saturated rings. The third-order valence-corrected chi connectivity index (χ3v) is 6.05. The number of benzene rings is 1. The first-order valence-corrected chi connectivity index (χ1v) is 8.47. The van der Waals surface area contributed by atoms with Gasteiger partial charge in [-0.15, -0.1) is 0 Å². The van der Waals surface area contributed by atoms with Crippen LogP contribution in [0.25, 0.3) is 10.9 Å². The Bertz CT molecular complexity index is 750. The van der Waals surface area contributed by atoms with Crippen molar-refractivity contribution in [3.8, 4) is 0 Å². The predicted octanol–water partition coefficient (Wildman–Crippen LogP) is 1.29. The number of rotatable bonds is 5. The molecule has 6 nitrogen and oxygen atoms in total. The van der Waals surface area contributed by atoms with E-state index in [0.717, 1.165) is 24.8 Å². The molecule has 1 heterocycles. The van der Waals surface area contributed by atoms with Crippen molar-refractivity contribution in [1.82, 2.24) is 9.29 Å². The fourth-order valence-electron chi connectivity index (χ4n) is 2.72. The van der Waals surface area contributed by atoms with Gasteiger partial charge < -0.3 is 15.8 Å². The van der Waals surface area contributed by atoms with Gasteiger partial charge in [0, 0.05) is 35.4 Å². The van der Waals surface area contributed by atoms with Crippen LogP contribution in [0.2, 0.25) is 0 Å². The number of aromatic amines is 1. The first kappa shape index (κ1) is 14.4. The van der Waals surface area contributed by atoms with E-state index < -0.39 is 10.0 Å². The molecule has 1 aliphatic carbocycles. The second-order valence-corrected chi connectivity index (χ2v) is 7.24. The Hall–Kier alpha value is -1.57. The van der Waals surface area contributed by atoms with Gasteiger partial charge in [0.2, 0.25) is 10.0 Å². The quantitative estimate of drug-likeness (QED) is 0.725. The highest BCUT2D eigenvalue weighted by Gasteiger charge is 2.35.